The maximum absolute atomic E-state index is 5.63. The summed E-state index contributed by atoms with van der Waals surface area (Å²) >= 11 is 1.87. The minimum absolute atomic E-state index is 0. The maximum Gasteiger partial charge on any atom is 0.191 e. The molecule has 1 aromatic heterocycles. The zero-order chi connectivity index (χ0) is 18.2. The Labute approximate surface area is 183 Å². The Morgan fingerprint density at radius 1 is 1.07 bits per heavy atom. The largest absolute Gasteiger partial charge is 0.381 e. The van der Waals surface area contributed by atoms with Gasteiger partial charge in [0.2, 0.25) is 0 Å². The molecule has 6 heteroatoms. The molecule has 2 aromatic rings. The third-order valence-corrected chi connectivity index (χ3v) is 6.38. The van der Waals surface area contributed by atoms with E-state index >= 15 is 0 Å². The van der Waals surface area contributed by atoms with Crippen molar-refractivity contribution < 1.29 is 4.74 Å². The molecule has 148 valence electrons. The predicted molar refractivity (Wildman–Crippen MR) is 125 cm³/mol. The SMILES string of the molecule is CCc1ccc(CNC(=NC)NCC2(c3ccccc3)CCOCC2)s1.I. The molecule has 27 heavy (non-hydrogen) atoms. The van der Waals surface area contributed by atoms with Crippen molar-refractivity contribution in [2.45, 2.75) is 38.1 Å². The Kier molecular flexibility index (Phi) is 9.05. The van der Waals surface area contributed by atoms with Gasteiger partial charge in [0, 0.05) is 42.0 Å². The summed E-state index contributed by atoms with van der Waals surface area (Å²) < 4.78 is 5.63. The van der Waals surface area contributed by atoms with E-state index in [0.29, 0.717) is 0 Å². The van der Waals surface area contributed by atoms with Crippen LogP contribution < -0.4 is 10.6 Å². The van der Waals surface area contributed by atoms with Gasteiger partial charge in [-0.25, -0.2) is 0 Å². The average molecular weight is 499 g/mol. The molecule has 0 saturated carbocycles. The molecule has 2 N–H and O–H groups in total. The normalized spacial score (nSPS) is 16.4. The fourth-order valence-corrected chi connectivity index (χ4v) is 4.37. The minimum Gasteiger partial charge on any atom is -0.381 e. The Morgan fingerprint density at radius 2 is 1.78 bits per heavy atom. The van der Waals surface area contributed by atoms with Crippen molar-refractivity contribution in [2.24, 2.45) is 4.99 Å². The summed E-state index contributed by atoms with van der Waals surface area (Å²) in [5, 5.41) is 7.01. The predicted octanol–water partition coefficient (Wildman–Crippen LogP) is 4.34. The molecule has 1 fully saturated rings. The number of hydrogen-bond donors (Lipinski definition) is 2. The van der Waals surface area contributed by atoms with E-state index < -0.39 is 0 Å². The molecule has 1 aromatic carbocycles. The highest BCUT2D eigenvalue weighted by molar-refractivity contribution is 14.0. The van der Waals surface area contributed by atoms with Gasteiger partial charge < -0.3 is 15.4 Å². The quantitative estimate of drug-likeness (QED) is 0.353. The van der Waals surface area contributed by atoms with E-state index in [-0.39, 0.29) is 29.4 Å². The van der Waals surface area contributed by atoms with Gasteiger partial charge in [-0.05, 0) is 37.0 Å². The number of halogens is 1. The highest BCUT2D eigenvalue weighted by Gasteiger charge is 2.34. The van der Waals surface area contributed by atoms with Crippen LogP contribution in [0.3, 0.4) is 0 Å². The highest BCUT2D eigenvalue weighted by Crippen LogP contribution is 2.34. The molecule has 4 nitrogen and oxygen atoms in total. The highest BCUT2D eigenvalue weighted by atomic mass is 127. The molecule has 3 rings (SSSR count). The second-order valence-electron chi connectivity index (χ2n) is 6.76. The number of nitrogens with zero attached hydrogens (tertiary/aromatic N) is 1. The number of benzene rings is 1. The summed E-state index contributed by atoms with van der Waals surface area (Å²) in [6.45, 7) is 5.51. The molecule has 2 heterocycles. The van der Waals surface area contributed by atoms with Gasteiger partial charge in [0.15, 0.2) is 5.96 Å². The summed E-state index contributed by atoms with van der Waals surface area (Å²) in [5.41, 5.74) is 1.49. The van der Waals surface area contributed by atoms with Crippen molar-refractivity contribution in [3.63, 3.8) is 0 Å². The number of rotatable bonds is 6. The van der Waals surface area contributed by atoms with E-state index in [9.17, 15) is 0 Å². The van der Waals surface area contributed by atoms with Crippen LogP contribution in [0, 0.1) is 0 Å². The lowest BCUT2D eigenvalue weighted by Crippen LogP contribution is -2.47. The Bertz CT molecular complexity index is 711. The Balaban J connectivity index is 0.00000261. The molecule has 0 bridgehead atoms. The first-order chi connectivity index (χ1) is 12.8. The van der Waals surface area contributed by atoms with Crippen molar-refractivity contribution >= 4 is 41.3 Å². The molecule has 1 aliphatic rings. The topological polar surface area (TPSA) is 45.7 Å². The van der Waals surface area contributed by atoms with E-state index in [1.165, 1.54) is 15.3 Å². The van der Waals surface area contributed by atoms with Crippen molar-refractivity contribution in [1.82, 2.24) is 10.6 Å². The number of nitrogens with one attached hydrogen (secondary N) is 2. The van der Waals surface area contributed by atoms with Gasteiger partial charge in [0.05, 0.1) is 6.54 Å². The van der Waals surface area contributed by atoms with Crippen LogP contribution >= 0.6 is 35.3 Å². The number of hydrogen-bond acceptors (Lipinski definition) is 3. The number of guanidine groups is 1. The summed E-state index contributed by atoms with van der Waals surface area (Å²) in [6, 6.07) is 15.2. The smallest absolute Gasteiger partial charge is 0.191 e. The Hall–Kier alpha value is -1.12. The van der Waals surface area contributed by atoms with E-state index in [2.05, 4.69) is 65.0 Å². The van der Waals surface area contributed by atoms with E-state index in [4.69, 9.17) is 4.74 Å². The van der Waals surface area contributed by atoms with Crippen LogP contribution in [0.1, 0.15) is 35.1 Å². The standard InChI is InChI=1S/C21H29N3OS.HI/c1-3-18-9-10-19(26-18)15-23-20(22-2)24-16-21(11-13-25-14-12-21)17-7-5-4-6-8-17;/h4-10H,3,11-16H2,1-2H3,(H2,22,23,24);1H. The van der Waals surface area contributed by atoms with Gasteiger partial charge in [-0.15, -0.1) is 35.3 Å². The number of ether oxygens (including phenoxy) is 1. The van der Waals surface area contributed by atoms with Crippen LogP contribution in [0.4, 0.5) is 0 Å². The lowest BCUT2D eigenvalue weighted by molar-refractivity contribution is 0.0514. The lowest BCUT2D eigenvalue weighted by Gasteiger charge is -2.38. The molecular formula is C21H30IN3OS. The van der Waals surface area contributed by atoms with Crippen LogP contribution in [0.25, 0.3) is 0 Å². The monoisotopic (exact) mass is 499 g/mol. The van der Waals surface area contributed by atoms with Crippen LogP contribution in [0.15, 0.2) is 47.5 Å². The first-order valence-corrected chi connectivity index (χ1v) is 10.2. The third kappa shape index (κ3) is 5.93. The van der Waals surface area contributed by atoms with Crippen LogP contribution in [0.5, 0.6) is 0 Å². The molecule has 1 saturated heterocycles. The molecule has 1 aliphatic heterocycles. The summed E-state index contributed by atoms with van der Waals surface area (Å²) in [6.07, 6.45) is 3.16. The van der Waals surface area contributed by atoms with Crippen molar-refractivity contribution in [3.8, 4) is 0 Å². The van der Waals surface area contributed by atoms with Gasteiger partial charge in [-0.2, -0.15) is 0 Å². The molecule has 0 spiro atoms. The molecule has 0 atom stereocenters. The van der Waals surface area contributed by atoms with Gasteiger partial charge in [-0.3, -0.25) is 4.99 Å². The first-order valence-electron chi connectivity index (χ1n) is 9.41. The number of aryl methyl sites for hydroxylation is 1. The summed E-state index contributed by atoms with van der Waals surface area (Å²) in [4.78, 5) is 7.17. The fourth-order valence-electron chi connectivity index (χ4n) is 3.47. The zero-order valence-corrected chi connectivity index (χ0v) is 19.3. The van der Waals surface area contributed by atoms with Gasteiger partial charge in [0.1, 0.15) is 0 Å². The minimum atomic E-state index is 0. The van der Waals surface area contributed by atoms with E-state index in [0.717, 1.165) is 51.5 Å². The van der Waals surface area contributed by atoms with Crippen molar-refractivity contribution in [1.29, 1.82) is 0 Å². The summed E-state index contributed by atoms with van der Waals surface area (Å²) in [7, 11) is 1.83. The maximum atomic E-state index is 5.63. The molecular weight excluding hydrogens is 469 g/mol. The van der Waals surface area contributed by atoms with Gasteiger partial charge in [-0.1, -0.05) is 37.3 Å². The second kappa shape index (κ2) is 11.0. The lowest BCUT2D eigenvalue weighted by atomic mass is 9.74. The fraction of sp³-hybridized carbons (Fsp3) is 0.476. The summed E-state index contributed by atoms with van der Waals surface area (Å²) in [5.74, 6) is 0.859. The number of thiophene rings is 1. The van der Waals surface area contributed by atoms with Crippen LogP contribution in [-0.4, -0.2) is 32.8 Å². The molecule has 0 amide bonds. The average Bonchev–Trinajstić information content (AvgIpc) is 3.18. The molecule has 0 aliphatic carbocycles. The Morgan fingerprint density at radius 3 is 2.41 bits per heavy atom. The molecule has 0 unspecified atom stereocenters. The van der Waals surface area contributed by atoms with Crippen molar-refractivity contribution in [2.75, 3.05) is 26.8 Å². The van der Waals surface area contributed by atoms with Crippen LogP contribution in [-0.2, 0) is 23.1 Å². The van der Waals surface area contributed by atoms with E-state index in [1.807, 2.05) is 18.4 Å². The van der Waals surface area contributed by atoms with Crippen molar-refractivity contribution in [3.05, 3.63) is 57.8 Å². The number of aliphatic imine (C=N–C) groups is 1. The van der Waals surface area contributed by atoms with Crippen LogP contribution in [0.2, 0.25) is 0 Å². The third-order valence-electron chi connectivity index (χ3n) is 5.15. The molecule has 0 radical (unpaired) electrons. The zero-order valence-electron chi connectivity index (χ0n) is 16.2. The van der Waals surface area contributed by atoms with Gasteiger partial charge in [0.25, 0.3) is 0 Å². The second-order valence-corrected chi connectivity index (χ2v) is 8.01. The first kappa shape index (κ1) is 22.2. The van der Waals surface area contributed by atoms with E-state index in [1.54, 1.807) is 0 Å². The van der Waals surface area contributed by atoms with Gasteiger partial charge >= 0.3 is 0 Å².